The molecule has 20 heavy (non-hydrogen) atoms. The molecule has 2 rings (SSSR count). The first-order valence-electron chi connectivity index (χ1n) is 5.41. The minimum Gasteiger partial charge on any atom is -0.278 e. The molecular weight excluding hydrogens is 364 g/mol. The average molecular weight is 372 g/mol. The van der Waals surface area contributed by atoms with Crippen LogP contribution in [0.4, 0.5) is 5.69 Å². The van der Waals surface area contributed by atoms with E-state index in [1.165, 1.54) is 18.2 Å². The molecule has 102 valence electrons. The van der Waals surface area contributed by atoms with Gasteiger partial charge in [0.05, 0.1) is 22.3 Å². The van der Waals surface area contributed by atoms with E-state index >= 15 is 0 Å². The second-order valence-corrected chi connectivity index (χ2v) is 6.75. The fraction of sp³-hybridized carbons (Fsp3) is 0. The lowest BCUT2D eigenvalue weighted by molar-refractivity contribution is 0.601. The van der Waals surface area contributed by atoms with Gasteiger partial charge in [0.1, 0.15) is 4.90 Å². The number of hydrogen-bond donors (Lipinski definition) is 1. The number of anilines is 1. The molecule has 4 nitrogen and oxygen atoms in total. The fourth-order valence-electron chi connectivity index (χ4n) is 1.53. The predicted molar refractivity (Wildman–Crippen MR) is 81.1 cm³/mol. The summed E-state index contributed by atoms with van der Waals surface area (Å²) in [6, 6.07) is 12.8. The van der Waals surface area contributed by atoms with Gasteiger partial charge in [-0.2, -0.15) is 5.26 Å². The van der Waals surface area contributed by atoms with Crippen LogP contribution in [0.25, 0.3) is 0 Å². The van der Waals surface area contributed by atoms with E-state index in [9.17, 15) is 8.42 Å². The van der Waals surface area contributed by atoms with Crippen LogP contribution in [0.1, 0.15) is 5.56 Å². The van der Waals surface area contributed by atoms with Crippen molar-refractivity contribution in [3.05, 3.63) is 57.5 Å². The summed E-state index contributed by atoms with van der Waals surface area (Å²) in [7, 11) is -3.81. The van der Waals surface area contributed by atoms with Crippen LogP contribution in [0.5, 0.6) is 0 Å². The summed E-state index contributed by atoms with van der Waals surface area (Å²) >= 11 is 9.18. The Labute approximate surface area is 130 Å². The number of hydrogen-bond acceptors (Lipinski definition) is 3. The van der Waals surface area contributed by atoms with Crippen LogP contribution in [0.2, 0.25) is 5.02 Å². The van der Waals surface area contributed by atoms with Gasteiger partial charge in [0.25, 0.3) is 10.0 Å². The Balaban J connectivity index is 2.42. The van der Waals surface area contributed by atoms with E-state index in [0.717, 1.165) is 0 Å². The number of halogens is 2. The molecule has 0 aliphatic heterocycles. The average Bonchev–Trinajstić information content (AvgIpc) is 2.40. The highest BCUT2D eigenvalue weighted by Crippen LogP contribution is 2.28. The van der Waals surface area contributed by atoms with Crippen molar-refractivity contribution < 1.29 is 8.42 Å². The first-order chi connectivity index (χ1) is 9.44. The topological polar surface area (TPSA) is 70.0 Å². The second kappa shape index (κ2) is 5.83. The van der Waals surface area contributed by atoms with E-state index in [4.69, 9.17) is 16.9 Å². The molecule has 0 amide bonds. The van der Waals surface area contributed by atoms with Crippen LogP contribution in [0.3, 0.4) is 0 Å². The molecule has 0 atom stereocenters. The summed E-state index contributed by atoms with van der Waals surface area (Å²) < 4.78 is 27.6. The smallest absolute Gasteiger partial charge is 0.263 e. The van der Waals surface area contributed by atoms with Gasteiger partial charge in [-0.15, -0.1) is 0 Å². The maximum Gasteiger partial charge on any atom is 0.263 e. The predicted octanol–water partition coefficient (Wildman–Crippen LogP) is 3.77. The molecule has 0 radical (unpaired) electrons. The molecule has 2 aromatic carbocycles. The molecule has 0 aliphatic carbocycles. The molecule has 1 N–H and O–H groups in total. The Bertz CT molecular complexity index is 800. The van der Waals surface area contributed by atoms with Gasteiger partial charge in [0, 0.05) is 4.47 Å². The summed E-state index contributed by atoms with van der Waals surface area (Å²) in [4.78, 5) is -0.0751. The van der Waals surface area contributed by atoms with Crippen LogP contribution in [-0.4, -0.2) is 8.42 Å². The maximum absolute atomic E-state index is 12.3. The van der Waals surface area contributed by atoms with E-state index in [1.807, 2.05) is 6.07 Å². The van der Waals surface area contributed by atoms with Crippen molar-refractivity contribution in [2.45, 2.75) is 4.90 Å². The van der Waals surface area contributed by atoms with Crippen LogP contribution < -0.4 is 4.72 Å². The third-order valence-electron chi connectivity index (χ3n) is 2.47. The van der Waals surface area contributed by atoms with Gasteiger partial charge in [0.15, 0.2) is 0 Å². The monoisotopic (exact) mass is 370 g/mol. The highest BCUT2D eigenvalue weighted by molar-refractivity contribution is 9.10. The lowest BCUT2D eigenvalue weighted by atomic mass is 10.2. The molecule has 7 heteroatoms. The Morgan fingerprint density at radius 3 is 2.50 bits per heavy atom. The summed E-state index contributed by atoms with van der Waals surface area (Å²) in [5.74, 6) is 0. The number of sulfonamides is 1. The summed E-state index contributed by atoms with van der Waals surface area (Å²) in [6.45, 7) is 0. The van der Waals surface area contributed by atoms with Crippen LogP contribution in [0, 0.1) is 11.3 Å². The second-order valence-electron chi connectivity index (χ2n) is 3.84. The Morgan fingerprint density at radius 1 is 1.20 bits per heavy atom. The molecule has 0 aliphatic rings. The van der Waals surface area contributed by atoms with Crippen molar-refractivity contribution in [1.29, 1.82) is 5.26 Å². The summed E-state index contributed by atoms with van der Waals surface area (Å²) in [6.07, 6.45) is 0. The Kier molecular flexibility index (Phi) is 4.33. The van der Waals surface area contributed by atoms with E-state index in [2.05, 4.69) is 20.7 Å². The van der Waals surface area contributed by atoms with Gasteiger partial charge >= 0.3 is 0 Å². The van der Waals surface area contributed by atoms with Crippen LogP contribution >= 0.6 is 27.5 Å². The maximum atomic E-state index is 12.3. The number of nitriles is 1. The standard InChI is InChI=1S/C13H8BrClN2O2S/c14-10-3-1-2-4-12(10)17-20(18,19)13-6-5-9(8-16)7-11(13)15/h1-7,17H. The number of benzene rings is 2. The number of nitrogens with one attached hydrogen (secondary N) is 1. The van der Waals surface area contributed by atoms with Gasteiger partial charge in [-0.3, -0.25) is 4.72 Å². The largest absolute Gasteiger partial charge is 0.278 e. The molecule has 0 saturated heterocycles. The molecule has 2 aromatic rings. The Morgan fingerprint density at radius 2 is 1.90 bits per heavy atom. The Hall–Kier alpha value is -1.55. The van der Waals surface area contributed by atoms with Crippen molar-refractivity contribution in [2.24, 2.45) is 0 Å². The number of nitrogens with zero attached hydrogens (tertiary/aromatic N) is 1. The van der Waals surface area contributed by atoms with E-state index < -0.39 is 10.0 Å². The zero-order valence-electron chi connectivity index (χ0n) is 9.97. The molecule has 0 fully saturated rings. The van der Waals surface area contributed by atoms with E-state index in [1.54, 1.807) is 24.3 Å². The fourth-order valence-corrected chi connectivity index (χ4v) is 3.67. The van der Waals surface area contributed by atoms with Crippen molar-refractivity contribution in [3.8, 4) is 6.07 Å². The molecule has 0 bridgehead atoms. The van der Waals surface area contributed by atoms with E-state index in [-0.39, 0.29) is 9.92 Å². The zero-order valence-corrected chi connectivity index (χ0v) is 13.1. The lowest BCUT2D eigenvalue weighted by Crippen LogP contribution is -2.13. The molecule has 0 saturated carbocycles. The van der Waals surface area contributed by atoms with Crippen molar-refractivity contribution in [3.63, 3.8) is 0 Å². The first kappa shape index (κ1) is 14.9. The molecule has 0 spiro atoms. The van der Waals surface area contributed by atoms with Gasteiger partial charge in [0.2, 0.25) is 0 Å². The van der Waals surface area contributed by atoms with Crippen LogP contribution in [0.15, 0.2) is 51.8 Å². The summed E-state index contributed by atoms with van der Waals surface area (Å²) in [5.41, 5.74) is 0.711. The third kappa shape index (κ3) is 3.12. The van der Waals surface area contributed by atoms with Crippen molar-refractivity contribution in [1.82, 2.24) is 0 Å². The molecule has 0 aromatic heterocycles. The number of rotatable bonds is 3. The van der Waals surface area contributed by atoms with Gasteiger partial charge in [-0.25, -0.2) is 8.42 Å². The van der Waals surface area contributed by atoms with E-state index in [0.29, 0.717) is 15.7 Å². The summed E-state index contributed by atoms with van der Waals surface area (Å²) in [5, 5.41) is 8.75. The van der Waals surface area contributed by atoms with Crippen molar-refractivity contribution >= 4 is 43.2 Å². The van der Waals surface area contributed by atoms with Gasteiger partial charge in [-0.1, -0.05) is 23.7 Å². The molecule has 0 unspecified atom stereocenters. The minimum atomic E-state index is -3.81. The number of para-hydroxylation sites is 1. The zero-order chi connectivity index (χ0) is 14.8. The molecular formula is C13H8BrClN2O2S. The highest BCUT2D eigenvalue weighted by Gasteiger charge is 2.19. The quantitative estimate of drug-likeness (QED) is 0.892. The first-order valence-corrected chi connectivity index (χ1v) is 8.06. The third-order valence-corrected chi connectivity index (χ3v) is 5.01. The normalized spacial score (nSPS) is 10.8. The highest BCUT2D eigenvalue weighted by atomic mass is 79.9. The molecule has 0 heterocycles. The van der Waals surface area contributed by atoms with Gasteiger partial charge in [-0.05, 0) is 46.3 Å². The van der Waals surface area contributed by atoms with Crippen LogP contribution in [-0.2, 0) is 10.0 Å². The SMILES string of the molecule is N#Cc1ccc(S(=O)(=O)Nc2ccccc2Br)c(Cl)c1. The van der Waals surface area contributed by atoms with Crippen molar-refractivity contribution in [2.75, 3.05) is 4.72 Å². The minimum absolute atomic E-state index is 0.00334. The lowest BCUT2D eigenvalue weighted by Gasteiger charge is -2.10. The van der Waals surface area contributed by atoms with Gasteiger partial charge < -0.3 is 0 Å².